The minimum absolute atomic E-state index is 0.602. The quantitative estimate of drug-likeness (QED) is 0.364. The molecule has 0 fully saturated rings. The lowest BCUT2D eigenvalue weighted by Crippen LogP contribution is -2.27. The van der Waals surface area contributed by atoms with E-state index < -0.39 is 0 Å². The summed E-state index contributed by atoms with van der Waals surface area (Å²) in [5.41, 5.74) is 0. The predicted octanol–water partition coefficient (Wildman–Crippen LogP) is 4.14. The molecule has 4 rings (SSSR count). The SMILES string of the molecule is Brc1c(Pc2ccccc2)[c]cc(Pc2ccccc2)c1Pc1ccccc1. The molecule has 0 aliphatic rings. The summed E-state index contributed by atoms with van der Waals surface area (Å²) >= 11 is 3.95. The molecular formula is C24H19BrP3. The molecule has 0 aliphatic carbocycles. The van der Waals surface area contributed by atoms with Crippen molar-refractivity contribution in [2.24, 2.45) is 0 Å². The zero-order valence-electron chi connectivity index (χ0n) is 15.1. The first kappa shape index (κ1) is 19.9. The highest BCUT2D eigenvalue weighted by atomic mass is 79.9. The Kier molecular flexibility index (Phi) is 7.06. The van der Waals surface area contributed by atoms with Gasteiger partial charge in [0, 0.05) is 9.78 Å². The molecule has 4 heteroatoms. The Morgan fingerprint density at radius 3 is 1.57 bits per heavy atom. The van der Waals surface area contributed by atoms with Gasteiger partial charge in [-0.3, -0.25) is 0 Å². The number of benzene rings is 4. The molecule has 0 nitrogen and oxygen atoms in total. The second-order valence-corrected chi connectivity index (χ2v) is 11.1. The summed E-state index contributed by atoms with van der Waals surface area (Å²) in [7, 11) is 1.87. The van der Waals surface area contributed by atoms with Crippen LogP contribution in [0.4, 0.5) is 0 Å². The molecule has 137 valence electrons. The van der Waals surface area contributed by atoms with Crippen LogP contribution in [0.15, 0.2) is 102 Å². The molecule has 0 amide bonds. The van der Waals surface area contributed by atoms with Crippen LogP contribution in [-0.2, 0) is 0 Å². The van der Waals surface area contributed by atoms with E-state index in [9.17, 15) is 0 Å². The van der Waals surface area contributed by atoms with Gasteiger partial charge < -0.3 is 0 Å². The van der Waals surface area contributed by atoms with Gasteiger partial charge in [-0.25, -0.2) is 0 Å². The van der Waals surface area contributed by atoms with Crippen molar-refractivity contribution < 1.29 is 0 Å². The molecule has 0 spiro atoms. The van der Waals surface area contributed by atoms with Crippen LogP contribution >= 0.6 is 41.7 Å². The second kappa shape index (κ2) is 9.91. The Labute approximate surface area is 180 Å². The molecule has 0 N–H and O–H groups in total. The molecule has 0 heterocycles. The molecule has 28 heavy (non-hydrogen) atoms. The highest BCUT2D eigenvalue weighted by Gasteiger charge is 2.14. The lowest BCUT2D eigenvalue weighted by molar-refractivity contribution is 1.76. The van der Waals surface area contributed by atoms with Crippen molar-refractivity contribution in [2.45, 2.75) is 0 Å². The Bertz CT molecular complexity index is 1040. The second-order valence-electron chi connectivity index (χ2n) is 6.24. The minimum Gasteiger partial charge on any atom is -0.0622 e. The van der Waals surface area contributed by atoms with E-state index >= 15 is 0 Å². The van der Waals surface area contributed by atoms with Crippen LogP contribution < -0.4 is 31.8 Å². The average molecular weight is 480 g/mol. The molecule has 0 saturated carbocycles. The van der Waals surface area contributed by atoms with Crippen molar-refractivity contribution >= 4 is 73.5 Å². The molecule has 0 saturated heterocycles. The van der Waals surface area contributed by atoms with E-state index in [1.165, 1.54) is 36.3 Å². The maximum absolute atomic E-state index is 3.95. The van der Waals surface area contributed by atoms with Crippen molar-refractivity contribution in [3.63, 3.8) is 0 Å². The van der Waals surface area contributed by atoms with Gasteiger partial charge in [-0.1, -0.05) is 117 Å². The van der Waals surface area contributed by atoms with Gasteiger partial charge in [-0.05, 0) is 54.6 Å². The summed E-state index contributed by atoms with van der Waals surface area (Å²) in [5, 5.41) is 8.10. The van der Waals surface area contributed by atoms with Gasteiger partial charge in [0.25, 0.3) is 0 Å². The van der Waals surface area contributed by atoms with Gasteiger partial charge in [0.15, 0.2) is 0 Å². The molecule has 0 bridgehead atoms. The van der Waals surface area contributed by atoms with Crippen LogP contribution in [0.3, 0.4) is 0 Å². The van der Waals surface area contributed by atoms with Crippen molar-refractivity contribution in [3.05, 3.63) is 108 Å². The van der Waals surface area contributed by atoms with E-state index in [0.29, 0.717) is 25.7 Å². The number of halogens is 1. The number of hydrogen-bond donors (Lipinski definition) is 0. The Morgan fingerprint density at radius 2 is 1.04 bits per heavy atom. The van der Waals surface area contributed by atoms with E-state index in [4.69, 9.17) is 0 Å². The molecule has 3 unspecified atom stereocenters. The van der Waals surface area contributed by atoms with Crippen molar-refractivity contribution in [1.29, 1.82) is 0 Å². The molecule has 0 aromatic heterocycles. The maximum Gasteiger partial charge on any atom is 0.0342 e. The van der Waals surface area contributed by atoms with Crippen LogP contribution in [0.5, 0.6) is 0 Å². The standard InChI is InChI=1S/C24H19BrP3/c25-23-21(26-18-10-4-1-5-11-18)16-17-22(27-19-12-6-2-7-13-19)24(23)28-20-14-8-3-9-15-20/h1-15,17,26-28H. The smallest absolute Gasteiger partial charge is 0.0342 e. The summed E-state index contributed by atoms with van der Waals surface area (Å²) in [5.74, 6) is 0. The zero-order chi connectivity index (χ0) is 19.2. The summed E-state index contributed by atoms with van der Waals surface area (Å²) in [4.78, 5) is 0. The van der Waals surface area contributed by atoms with E-state index in [0.717, 1.165) is 0 Å². The molecule has 4 aromatic carbocycles. The first-order chi connectivity index (χ1) is 13.8. The fraction of sp³-hybridized carbons (Fsp3) is 0. The van der Waals surface area contributed by atoms with Crippen molar-refractivity contribution in [1.82, 2.24) is 0 Å². The van der Waals surface area contributed by atoms with Gasteiger partial charge in [0.1, 0.15) is 0 Å². The Balaban J connectivity index is 1.71. The van der Waals surface area contributed by atoms with Crippen LogP contribution in [0.25, 0.3) is 0 Å². The normalized spacial score (nSPS) is 12.0. The third kappa shape index (κ3) is 5.17. The van der Waals surface area contributed by atoms with Crippen LogP contribution in [0, 0.1) is 6.07 Å². The Morgan fingerprint density at radius 1 is 0.571 bits per heavy atom. The molecule has 3 atom stereocenters. The van der Waals surface area contributed by atoms with Gasteiger partial charge >= 0.3 is 0 Å². The van der Waals surface area contributed by atoms with Crippen LogP contribution in [-0.4, -0.2) is 0 Å². The first-order valence-corrected chi connectivity index (χ1v) is 12.8. The van der Waals surface area contributed by atoms with Crippen LogP contribution in [0.2, 0.25) is 0 Å². The lowest BCUT2D eigenvalue weighted by Gasteiger charge is -2.16. The molecule has 0 aliphatic heterocycles. The number of rotatable bonds is 6. The molecular weight excluding hydrogens is 461 g/mol. The largest absolute Gasteiger partial charge is 0.0622 e. The summed E-state index contributed by atoms with van der Waals surface area (Å²) < 4.78 is 1.22. The van der Waals surface area contributed by atoms with E-state index in [1.54, 1.807) is 0 Å². The summed E-state index contributed by atoms with van der Waals surface area (Å²) in [6, 6.07) is 37.9. The van der Waals surface area contributed by atoms with E-state index in [1.807, 2.05) is 0 Å². The Hall–Kier alpha value is -1.35. The van der Waals surface area contributed by atoms with Crippen molar-refractivity contribution in [2.75, 3.05) is 0 Å². The molecule has 4 aromatic rings. The van der Waals surface area contributed by atoms with E-state index in [2.05, 4.69) is 119 Å². The highest BCUT2D eigenvalue weighted by molar-refractivity contribution is 9.11. The monoisotopic (exact) mass is 479 g/mol. The third-order valence-electron chi connectivity index (χ3n) is 4.21. The predicted molar refractivity (Wildman–Crippen MR) is 135 cm³/mol. The summed E-state index contributed by atoms with van der Waals surface area (Å²) in [6.45, 7) is 0. The summed E-state index contributed by atoms with van der Waals surface area (Å²) in [6.07, 6.45) is 0. The first-order valence-electron chi connectivity index (χ1n) is 9.00. The van der Waals surface area contributed by atoms with Gasteiger partial charge in [0.05, 0.1) is 0 Å². The fourth-order valence-electron chi connectivity index (χ4n) is 2.84. The lowest BCUT2D eigenvalue weighted by atomic mass is 10.3. The minimum atomic E-state index is 0.602. The highest BCUT2D eigenvalue weighted by Crippen LogP contribution is 2.24. The van der Waals surface area contributed by atoms with Gasteiger partial charge in [-0.15, -0.1) is 0 Å². The molecule has 1 radical (unpaired) electrons. The third-order valence-corrected chi connectivity index (χ3v) is 9.93. The number of hydrogen-bond acceptors (Lipinski definition) is 0. The van der Waals surface area contributed by atoms with Gasteiger partial charge in [-0.2, -0.15) is 0 Å². The maximum atomic E-state index is 3.95. The van der Waals surface area contributed by atoms with Gasteiger partial charge in [0.2, 0.25) is 0 Å². The average Bonchev–Trinajstić information content (AvgIpc) is 2.75. The van der Waals surface area contributed by atoms with Crippen molar-refractivity contribution in [3.8, 4) is 0 Å². The van der Waals surface area contributed by atoms with E-state index in [-0.39, 0.29) is 0 Å². The van der Waals surface area contributed by atoms with Crippen LogP contribution in [0.1, 0.15) is 0 Å². The fourth-order valence-corrected chi connectivity index (χ4v) is 7.63. The topological polar surface area (TPSA) is 0 Å². The zero-order valence-corrected chi connectivity index (χ0v) is 19.7.